The normalized spacial score (nSPS) is 10.8. The van der Waals surface area contributed by atoms with Crippen molar-refractivity contribution in [1.82, 2.24) is 10.1 Å². The van der Waals surface area contributed by atoms with Crippen molar-refractivity contribution in [2.75, 3.05) is 5.73 Å². The lowest BCUT2D eigenvalue weighted by Crippen LogP contribution is -1.92. The summed E-state index contributed by atoms with van der Waals surface area (Å²) in [6, 6.07) is 10.1. The van der Waals surface area contributed by atoms with Crippen molar-refractivity contribution in [3.63, 3.8) is 0 Å². The van der Waals surface area contributed by atoms with Crippen molar-refractivity contribution in [1.29, 1.82) is 0 Å². The Hall–Kier alpha value is -2.76. The summed E-state index contributed by atoms with van der Waals surface area (Å²) in [6.07, 6.45) is 0.369. The van der Waals surface area contributed by atoms with Crippen molar-refractivity contribution in [2.45, 2.75) is 6.42 Å². The van der Waals surface area contributed by atoms with Gasteiger partial charge in [0.25, 0.3) is 5.89 Å². The number of benzene rings is 2. The van der Waals surface area contributed by atoms with Gasteiger partial charge in [-0.15, -0.1) is 0 Å². The first-order valence-electron chi connectivity index (χ1n) is 6.24. The van der Waals surface area contributed by atoms with Crippen LogP contribution >= 0.6 is 0 Å². The monoisotopic (exact) mass is 287 g/mol. The summed E-state index contributed by atoms with van der Waals surface area (Å²) >= 11 is 0. The third kappa shape index (κ3) is 2.89. The standard InChI is InChI=1S/C15H11F2N3O/c16-10-3-1-9(2-4-10)7-14-19-15(21-20-14)12-8-11(18)5-6-13(12)17/h1-6,8H,7,18H2. The maximum atomic E-state index is 13.7. The molecule has 0 spiro atoms. The number of nitrogens with two attached hydrogens (primary N) is 1. The molecule has 106 valence electrons. The fourth-order valence-electron chi connectivity index (χ4n) is 1.93. The van der Waals surface area contributed by atoms with Gasteiger partial charge in [-0.3, -0.25) is 0 Å². The van der Waals surface area contributed by atoms with Crippen LogP contribution in [0.4, 0.5) is 14.5 Å². The lowest BCUT2D eigenvalue weighted by atomic mass is 10.1. The Morgan fingerprint density at radius 1 is 1.05 bits per heavy atom. The Morgan fingerprint density at radius 3 is 2.57 bits per heavy atom. The van der Waals surface area contributed by atoms with Crippen LogP contribution in [-0.2, 0) is 6.42 Å². The molecule has 0 aliphatic heterocycles. The van der Waals surface area contributed by atoms with Gasteiger partial charge in [0.15, 0.2) is 5.82 Å². The quantitative estimate of drug-likeness (QED) is 0.751. The molecule has 0 atom stereocenters. The Balaban J connectivity index is 1.86. The van der Waals surface area contributed by atoms with Crippen LogP contribution in [0.3, 0.4) is 0 Å². The number of nitrogens with zero attached hydrogens (tertiary/aromatic N) is 2. The van der Waals surface area contributed by atoms with E-state index in [1.807, 2.05) is 0 Å². The molecule has 0 radical (unpaired) electrons. The molecule has 4 nitrogen and oxygen atoms in total. The Bertz CT molecular complexity index is 769. The lowest BCUT2D eigenvalue weighted by Gasteiger charge is -1.98. The van der Waals surface area contributed by atoms with E-state index in [0.29, 0.717) is 17.9 Å². The number of rotatable bonds is 3. The van der Waals surface area contributed by atoms with Gasteiger partial charge in [-0.25, -0.2) is 8.78 Å². The Morgan fingerprint density at radius 2 is 1.81 bits per heavy atom. The molecule has 0 bridgehead atoms. The third-order valence-corrected chi connectivity index (χ3v) is 2.96. The highest BCUT2D eigenvalue weighted by molar-refractivity contribution is 5.60. The van der Waals surface area contributed by atoms with Gasteiger partial charge in [0, 0.05) is 12.1 Å². The molecule has 1 heterocycles. The van der Waals surface area contributed by atoms with Crippen LogP contribution in [0.2, 0.25) is 0 Å². The van der Waals surface area contributed by atoms with E-state index >= 15 is 0 Å². The number of hydrogen-bond acceptors (Lipinski definition) is 4. The molecule has 0 amide bonds. The van der Waals surface area contributed by atoms with E-state index in [2.05, 4.69) is 10.1 Å². The van der Waals surface area contributed by atoms with Gasteiger partial charge in [0.2, 0.25) is 0 Å². The first kappa shape index (κ1) is 13.2. The number of aromatic nitrogens is 2. The number of hydrogen-bond donors (Lipinski definition) is 1. The highest BCUT2D eigenvalue weighted by Gasteiger charge is 2.14. The summed E-state index contributed by atoms with van der Waals surface area (Å²) in [5.74, 6) is -0.342. The molecule has 1 aromatic heterocycles. The molecule has 0 saturated heterocycles. The first-order chi connectivity index (χ1) is 10.1. The molecule has 0 unspecified atom stereocenters. The van der Waals surface area contributed by atoms with Crippen LogP contribution in [-0.4, -0.2) is 10.1 Å². The third-order valence-electron chi connectivity index (χ3n) is 2.96. The minimum absolute atomic E-state index is 0.0666. The molecule has 0 aliphatic carbocycles. The predicted molar refractivity (Wildman–Crippen MR) is 73.3 cm³/mol. The summed E-state index contributed by atoms with van der Waals surface area (Å²) in [4.78, 5) is 4.13. The molecule has 2 aromatic carbocycles. The van der Waals surface area contributed by atoms with Crippen LogP contribution in [0.5, 0.6) is 0 Å². The molecule has 2 N–H and O–H groups in total. The fourth-order valence-corrected chi connectivity index (χ4v) is 1.93. The van der Waals surface area contributed by atoms with Crippen LogP contribution in [0.1, 0.15) is 11.4 Å². The number of nitrogen functional groups attached to an aromatic ring is 1. The van der Waals surface area contributed by atoms with Gasteiger partial charge in [0.05, 0.1) is 5.56 Å². The second-order valence-electron chi connectivity index (χ2n) is 4.56. The molecule has 0 saturated carbocycles. The summed E-state index contributed by atoms with van der Waals surface area (Å²) in [7, 11) is 0. The second kappa shape index (κ2) is 5.32. The molecule has 0 fully saturated rings. The van der Waals surface area contributed by atoms with E-state index < -0.39 is 5.82 Å². The van der Waals surface area contributed by atoms with Gasteiger partial charge in [-0.1, -0.05) is 17.3 Å². The van der Waals surface area contributed by atoms with Gasteiger partial charge in [-0.2, -0.15) is 4.98 Å². The van der Waals surface area contributed by atoms with Crippen molar-refractivity contribution in [3.05, 3.63) is 65.5 Å². The van der Waals surface area contributed by atoms with E-state index in [4.69, 9.17) is 10.3 Å². The molecular weight excluding hydrogens is 276 g/mol. The fraction of sp³-hybridized carbons (Fsp3) is 0.0667. The summed E-state index contributed by atoms with van der Waals surface area (Å²) in [5, 5.41) is 3.79. The van der Waals surface area contributed by atoms with E-state index in [-0.39, 0.29) is 17.3 Å². The van der Waals surface area contributed by atoms with Gasteiger partial charge >= 0.3 is 0 Å². The van der Waals surface area contributed by atoms with Crippen LogP contribution < -0.4 is 5.73 Å². The summed E-state index contributed by atoms with van der Waals surface area (Å²) < 4.78 is 31.6. The summed E-state index contributed by atoms with van der Waals surface area (Å²) in [5.41, 5.74) is 7.01. The SMILES string of the molecule is Nc1ccc(F)c(-c2nc(Cc3ccc(F)cc3)no2)c1. The number of anilines is 1. The molecular formula is C15H11F2N3O. The van der Waals surface area contributed by atoms with Gasteiger partial charge in [0.1, 0.15) is 11.6 Å². The van der Waals surface area contributed by atoms with E-state index in [1.165, 1.54) is 30.3 Å². The van der Waals surface area contributed by atoms with Gasteiger partial charge in [-0.05, 0) is 35.9 Å². The smallest absolute Gasteiger partial charge is 0.260 e. The molecule has 3 rings (SSSR count). The molecule has 6 heteroatoms. The minimum Gasteiger partial charge on any atom is -0.399 e. The molecule has 21 heavy (non-hydrogen) atoms. The van der Waals surface area contributed by atoms with Crippen molar-refractivity contribution in [2.24, 2.45) is 0 Å². The highest BCUT2D eigenvalue weighted by atomic mass is 19.1. The lowest BCUT2D eigenvalue weighted by molar-refractivity contribution is 0.421. The number of halogens is 2. The van der Waals surface area contributed by atoms with Crippen molar-refractivity contribution in [3.8, 4) is 11.5 Å². The Labute approximate surface area is 119 Å². The predicted octanol–water partition coefficient (Wildman–Crippen LogP) is 3.19. The second-order valence-corrected chi connectivity index (χ2v) is 4.56. The maximum Gasteiger partial charge on any atom is 0.260 e. The van der Waals surface area contributed by atoms with Crippen LogP contribution in [0.15, 0.2) is 47.0 Å². The zero-order chi connectivity index (χ0) is 14.8. The van der Waals surface area contributed by atoms with E-state index in [0.717, 1.165) is 5.56 Å². The van der Waals surface area contributed by atoms with Crippen LogP contribution in [0.25, 0.3) is 11.5 Å². The highest BCUT2D eigenvalue weighted by Crippen LogP contribution is 2.23. The van der Waals surface area contributed by atoms with E-state index in [1.54, 1.807) is 12.1 Å². The average Bonchev–Trinajstić information content (AvgIpc) is 2.92. The average molecular weight is 287 g/mol. The maximum absolute atomic E-state index is 13.7. The van der Waals surface area contributed by atoms with Gasteiger partial charge < -0.3 is 10.3 Å². The molecule has 0 aliphatic rings. The zero-order valence-electron chi connectivity index (χ0n) is 10.9. The zero-order valence-corrected chi connectivity index (χ0v) is 10.9. The largest absolute Gasteiger partial charge is 0.399 e. The topological polar surface area (TPSA) is 64.9 Å². The summed E-state index contributed by atoms with van der Waals surface area (Å²) in [6.45, 7) is 0. The first-order valence-corrected chi connectivity index (χ1v) is 6.24. The van der Waals surface area contributed by atoms with Crippen molar-refractivity contribution < 1.29 is 13.3 Å². The van der Waals surface area contributed by atoms with E-state index in [9.17, 15) is 8.78 Å². The molecule has 3 aromatic rings. The minimum atomic E-state index is -0.485. The van der Waals surface area contributed by atoms with Crippen molar-refractivity contribution >= 4 is 5.69 Å². The van der Waals surface area contributed by atoms with Crippen LogP contribution in [0, 0.1) is 11.6 Å². The Kier molecular flexibility index (Phi) is 3.35.